The minimum atomic E-state index is -3.13. The summed E-state index contributed by atoms with van der Waals surface area (Å²) in [6.45, 7) is 5.42. The van der Waals surface area contributed by atoms with Gasteiger partial charge in [0.2, 0.25) is 5.95 Å². The van der Waals surface area contributed by atoms with Crippen LogP contribution >= 0.6 is 0 Å². The molecule has 96 valence electrons. The van der Waals surface area contributed by atoms with E-state index in [0.29, 0.717) is 5.82 Å². The molecular formula is C10H18N4O2S. The van der Waals surface area contributed by atoms with Crippen molar-refractivity contribution in [2.45, 2.75) is 25.5 Å². The van der Waals surface area contributed by atoms with Gasteiger partial charge in [-0.15, -0.1) is 0 Å². The quantitative estimate of drug-likeness (QED) is 0.820. The van der Waals surface area contributed by atoms with E-state index >= 15 is 0 Å². The highest BCUT2D eigenvalue weighted by Gasteiger charge is 2.30. The van der Waals surface area contributed by atoms with Crippen LogP contribution in [0.4, 0.5) is 11.8 Å². The number of nitrogens with one attached hydrogen (secondary N) is 1. The van der Waals surface area contributed by atoms with Crippen molar-refractivity contribution in [3.8, 4) is 0 Å². The van der Waals surface area contributed by atoms with Crippen LogP contribution in [0.2, 0.25) is 0 Å². The van der Waals surface area contributed by atoms with Gasteiger partial charge in [-0.25, -0.2) is 13.4 Å². The topological polar surface area (TPSA) is 98.0 Å². The largest absolute Gasteiger partial charge is 0.368 e. The molecule has 1 aromatic heterocycles. The molecule has 0 spiro atoms. The number of anilines is 2. The van der Waals surface area contributed by atoms with E-state index in [2.05, 4.69) is 15.3 Å². The van der Waals surface area contributed by atoms with Crippen molar-refractivity contribution in [1.29, 1.82) is 0 Å². The molecule has 0 saturated heterocycles. The van der Waals surface area contributed by atoms with Crippen molar-refractivity contribution in [3.05, 3.63) is 11.8 Å². The lowest BCUT2D eigenvalue weighted by Gasteiger charge is -2.23. The van der Waals surface area contributed by atoms with Gasteiger partial charge < -0.3 is 11.1 Å². The van der Waals surface area contributed by atoms with Gasteiger partial charge in [-0.1, -0.05) is 0 Å². The fourth-order valence-electron chi connectivity index (χ4n) is 1.06. The van der Waals surface area contributed by atoms with Crippen LogP contribution in [-0.4, -0.2) is 35.9 Å². The number of nitrogens with two attached hydrogens (primary N) is 1. The molecule has 0 aliphatic heterocycles. The minimum absolute atomic E-state index is 0.162. The van der Waals surface area contributed by atoms with E-state index < -0.39 is 14.6 Å². The van der Waals surface area contributed by atoms with Crippen LogP contribution < -0.4 is 11.1 Å². The second-order valence-corrected chi connectivity index (χ2v) is 7.29. The fraction of sp³-hybridized carbons (Fsp3) is 0.600. The Hall–Kier alpha value is -1.37. The Labute approximate surface area is 102 Å². The third kappa shape index (κ3) is 3.29. The van der Waals surface area contributed by atoms with E-state index in [9.17, 15) is 8.42 Å². The summed E-state index contributed by atoms with van der Waals surface area (Å²) in [5.41, 5.74) is 6.29. The first-order chi connectivity index (χ1) is 7.63. The number of hydrogen-bond donors (Lipinski definition) is 2. The molecule has 6 nitrogen and oxygen atoms in total. The Morgan fingerprint density at radius 1 is 1.47 bits per heavy atom. The van der Waals surface area contributed by atoms with E-state index in [4.69, 9.17) is 5.73 Å². The first kappa shape index (κ1) is 13.7. The smallest absolute Gasteiger partial charge is 0.221 e. The Morgan fingerprint density at radius 3 is 2.59 bits per heavy atom. The summed E-state index contributed by atoms with van der Waals surface area (Å²) in [5, 5.41) is 2.99. The summed E-state index contributed by atoms with van der Waals surface area (Å²) >= 11 is 0. The fourth-order valence-corrected chi connectivity index (χ4v) is 1.40. The molecule has 0 unspecified atom stereocenters. The highest BCUT2D eigenvalue weighted by Crippen LogP contribution is 2.17. The summed E-state index contributed by atoms with van der Waals surface area (Å²) in [5.74, 6) is 0.726. The van der Waals surface area contributed by atoms with Crippen molar-refractivity contribution in [1.82, 2.24) is 9.97 Å². The van der Waals surface area contributed by atoms with E-state index in [1.54, 1.807) is 20.0 Å². The van der Waals surface area contributed by atoms with Crippen molar-refractivity contribution < 1.29 is 8.42 Å². The molecular weight excluding hydrogens is 240 g/mol. The molecule has 1 rings (SSSR count). The lowest BCUT2D eigenvalue weighted by molar-refractivity contribution is 0.559. The zero-order valence-corrected chi connectivity index (χ0v) is 11.3. The van der Waals surface area contributed by atoms with Gasteiger partial charge in [-0.3, -0.25) is 0 Å². The van der Waals surface area contributed by atoms with Crippen molar-refractivity contribution in [2.24, 2.45) is 0 Å². The van der Waals surface area contributed by atoms with Gasteiger partial charge in [-0.05, 0) is 20.8 Å². The monoisotopic (exact) mass is 258 g/mol. The Bertz CT molecular complexity index is 511. The van der Waals surface area contributed by atoms with Crippen molar-refractivity contribution >= 4 is 21.6 Å². The third-order valence-corrected chi connectivity index (χ3v) is 4.83. The minimum Gasteiger partial charge on any atom is -0.368 e. The van der Waals surface area contributed by atoms with Crippen LogP contribution in [0.3, 0.4) is 0 Å². The predicted molar refractivity (Wildman–Crippen MR) is 68.6 cm³/mol. The van der Waals surface area contributed by atoms with E-state index in [0.717, 1.165) is 5.56 Å². The van der Waals surface area contributed by atoms with Crippen LogP contribution in [0.15, 0.2) is 6.20 Å². The summed E-state index contributed by atoms with van der Waals surface area (Å²) in [6, 6.07) is 0. The van der Waals surface area contributed by atoms with Gasteiger partial charge in [0.25, 0.3) is 0 Å². The Kier molecular flexibility index (Phi) is 3.61. The lowest BCUT2D eigenvalue weighted by Crippen LogP contribution is -2.38. The first-order valence-corrected chi connectivity index (χ1v) is 7.05. The van der Waals surface area contributed by atoms with Gasteiger partial charge in [0.15, 0.2) is 9.84 Å². The van der Waals surface area contributed by atoms with Crippen molar-refractivity contribution in [3.63, 3.8) is 0 Å². The highest BCUT2D eigenvalue weighted by atomic mass is 32.2. The molecule has 17 heavy (non-hydrogen) atoms. The Balaban J connectivity index is 2.84. The van der Waals surface area contributed by atoms with Gasteiger partial charge in [-0.2, -0.15) is 4.98 Å². The molecule has 0 fully saturated rings. The Morgan fingerprint density at radius 2 is 2.06 bits per heavy atom. The van der Waals surface area contributed by atoms with E-state index in [1.807, 2.05) is 6.92 Å². The van der Waals surface area contributed by atoms with Crippen LogP contribution in [0, 0.1) is 6.92 Å². The van der Waals surface area contributed by atoms with Gasteiger partial charge in [0, 0.05) is 24.6 Å². The molecule has 0 atom stereocenters. The number of aromatic nitrogens is 2. The molecule has 0 radical (unpaired) electrons. The van der Waals surface area contributed by atoms with Crippen LogP contribution in [0.1, 0.15) is 19.4 Å². The number of aryl methyl sites for hydroxylation is 1. The average Bonchev–Trinajstić information content (AvgIpc) is 2.18. The standard InChI is InChI=1S/C10H18N4O2S/c1-7-5-12-9(11)14-8(7)13-6-10(2,3)17(4,15)16/h5H,6H2,1-4H3,(H3,11,12,13,14). The summed E-state index contributed by atoms with van der Waals surface area (Å²) in [6.07, 6.45) is 2.81. The molecule has 3 N–H and O–H groups in total. The maximum absolute atomic E-state index is 11.5. The number of nitrogen functional groups attached to an aromatic ring is 1. The molecule has 1 aromatic rings. The normalized spacial score (nSPS) is 12.5. The van der Waals surface area contributed by atoms with Gasteiger partial charge in [0.05, 0.1) is 4.75 Å². The third-order valence-electron chi connectivity index (χ3n) is 2.68. The zero-order valence-electron chi connectivity index (χ0n) is 10.5. The molecule has 0 aliphatic carbocycles. The number of sulfone groups is 1. The second kappa shape index (κ2) is 4.48. The molecule has 0 saturated carbocycles. The highest BCUT2D eigenvalue weighted by molar-refractivity contribution is 7.92. The molecule has 0 aliphatic rings. The number of hydrogen-bond acceptors (Lipinski definition) is 6. The SMILES string of the molecule is Cc1cnc(N)nc1NCC(C)(C)S(C)(=O)=O. The van der Waals surface area contributed by atoms with E-state index in [-0.39, 0.29) is 12.5 Å². The van der Waals surface area contributed by atoms with Crippen LogP contribution in [-0.2, 0) is 9.84 Å². The van der Waals surface area contributed by atoms with Gasteiger partial charge >= 0.3 is 0 Å². The zero-order chi connectivity index (χ0) is 13.3. The van der Waals surface area contributed by atoms with E-state index in [1.165, 1.54) is 6.26 Å². The van der Waals surface area contributed by atoms with Gasteiger partial charge in [0.1, 0.15) is 5.82 Å². The molecule has 0 amide bonds. The van der Waals surface area contributed by atoms with Crippen molar-refractivity contribution in [2.75, 3.05) is 23.9 Å². The molecule has 0 bridgehead atoms. The lowest BCUT2D eigenvalue weighted by atomic mass is 10.2. The summed E-state index contributed by atoms with van der Waals surface area (Å²) in [7, 11) is -3.13. The summed E-state index contributed by atoms with van der Waals surface area (Å²) < 4.78 is 22.2. The average molecular weight is 258 g/mol. The first-order valence-electron chi connectivity index (χ1n) is 5.16. The number of nitrogens with zero attached hydrogens (tertiary/aromatic N) is 2. The summed E-state index contributed by atoms with van der Waals surface area (Å²) in [4.78, 5) is 7.86. The second-order valence-electron chi connectivity index (χ2n) is 4.65. The molecule has 7 heteroatoms. The maximum Gasteiger partial charge on any atom is 0.221 e. The predicted octanol–water partition coefficient (Wildman–Crippen LogP) is 0.602. The molecule has 0 aromatic carbocycles. The van der Waals surface area contributed by atoms with Crippen LogP contribution in [0.5, 0.6) is 0 Å². The number of rotatable bonds is 4. The molecule has 1 heterocycles. The maximum atomic E-state index is 11.5. The van der Waals surface area contributed by atoms with Crippen LogP contribution in [0.25, 0.3) is 0 Å².